The molecule has 0 radical (unpaired) electrons. The minimum absolute atomic E-state index is 0.310. The molecular weight excluding hydrogens is 308 g/mol. The SMILES string of the molecule is COc1cc2c(cc1OC)C(OC)(OC)CN1CCCC[C@H]1/C=N\2. The summed E-state index contributed by atoms with van der Waals surface area (Å²) < 4.78 is 22.6. The van der Waals surface area contributed by atoms with E-state index in [1.165, 1.54) is 12.8 Å². The van der Waals surface area contributed by atoms with Crippen molar-refractivity contribution in [1.82, 2.24) is 4.90 Å². The maximum atomic E-state index is 5.88. The van der Waals surface area contributed by atoms with E-state index in [4.69, 9.17) is 23.9 Å². The van der Waals surface area contributed by atoms with Gasteiger partial charge in [0.15, 0.2) is 11.5 Å². The molecule has 3 rings (SSSR count). The first kappa shape index (κ1) is 17.2. The van der Waals surface area contributed by atoms with E-state index in [1.807, 2.05) is 18.3 Å². The van der Waals surface area contributed by atoms with Crippen LogP contribution in [0.5, 0.6) is 11.5 Å². The highest BCUT2D eigenvalue weighted by Crippen LogP contribution is 2.43. The number of nitrogens with zero attached hydrogens (tertiary/aromatic N) is 2. The lowest BCUT2D eigenvalue weighted by Gasteiger charge is -2.42. The number of hydrogen-bond donors (Lipinski definition) is 0. The molecule has 24 heavy (non-hydrogen) atoms. The summed E-state index contributed by atoms with van der Waals surface area (Å²) in [6, 6.07) is 4.10. The Balaban J connectivity index is 2.16. The number of methoxy groups -OCH3 is 4. The van der Waals surface area contributed by atoms with Crippen molar-refractivity contribution in [3.05, 3.63) is 17.7 Å². The van der Waals surface area contributed by atoms with Gasteiger partial charge in [-0.3, -0.25) is 9.89 Å². The Hall–Kier alpha value is -1.63. The molecule has 2 aliphatic rings. The fraction of sp³-hybridized carbons (Fsp3) is 0.611. The van der Waals surface area contributed by atoms with Gasteiger partial charge in [-0.25, -0.2) is 0 Å². The summed E-state index contributed by atoms with van der Waals surface area (Å²) >= 11 is 0. The van der Waals surface area contributed by atoms with Crippen LogP contribution < -0.4 is 9.47 Å². The second kappa shape index (κ2) is 7.09. The average Bonchev–Trinajstić information content (AvgIpc) is 2.63. The maximum Gasteiger partial charge on any atom is 0.209 e. The summed E-state index contributed by atoms with van der Waals surface area (Å²) in [6.07, 6.45) is 5.56. The fourth-order valence-electron chi connectivity index (χ4n) is 3.61. The van der Waals surface area contributed by atoms with Crippen molar-refractivity contribution >= 4 is 11.9 Å². The molecule has 1 saturated heterocycles. The molecule has 6 heteroatoms. The number of rotatable bonds is 4. The van der Waals surface area contributed by atoms with Gasteiger partial charge in [0.1, 0.15) is 0 Å². The molecule has 0 aromatic heterocycles. The van der Waals surface area contributed by atoms with Crippen molar-refractivity contribution in [1.29, 1.82) is 0 Å². The molecule has 0 N–H and O–H groups in total. The summed E-state index contributed by atoms with van der Waals surface area (Å²) in [5.41, 5.74) is 1.65. The summed E-state index contributed by atoms with van der Waals surface area (Å²) in [5.74, 6) is 0.402. The Morgan fingerprint density at radius 1 is 1.04 bits per heavy atom. The van der Waals surface area contributed by atoms with Gasteiger partial charge in [0.05, 0.1) is 26.5 Å². The van der Waals surface area contributed by atoms with Crippen LogP contribution in [0.3, 0.4) is 0 Å². The standard InChI is InChI=1S/C18H26N2O4/c1-21-16-9-14-15(10-17(16)22-2)19-11-13-7-5-6-8-20(13)12-18(14,23-3)24-4/h9-11,13H,5-8,12H2,1-4H3/b19-11-/t13-/m0/s1. The Morgan fingerprint density at radius 3 is 2.42 bits per heavy atom. The summed E-state index contributed by atoms with van der Waals surface area (Å²) in [6.45, 7) is 1.67. The second-order valence-corrected chi connectivity index (χ2v) is 6.20. The Kier molecular flexibility index (Phi) is 5.08. The monoisotopic (exact) mass is 334 g/mol. The van der Waals surface area contributed by atoms with E-state index in [0.29, 0.717) is 24.1 Å². The number of piperidine rings is 1. The first-order chi connectivity index (χ1) is 11.7. The van der Waals surface area contributed by atoms with Crippen LogP contribution in [-0.2, 0) is 15.3 Å². The number of ether oxygens (including phenoxy) is 4. The second-order valence-electron chi connectivity index (χ2n) is 6.20. The zero-order chi connectivity index (χ0) is 17.2. The van der Waals surface area contributed by atoms with Crippen LogP contribution in [0.15, 0.2) is 17.1 Å². The largest absolute Gasteiger partial charge is 0.493 e. The number of benzene rings is 1. The minimum Gasteiger partial charge on any atom is -0.493 e. The minimum atomic E-state index is -0.887. The first-order valence-corrected chi connectivity index (χ1v) is 8.32. The predicted octanol–water partition coefficient (Wildman–Crippen LogP) is 2.72. The fourth-order valence-corrected chi connectivity index (χ4v) is 3.61. The summed E-state index contributed by atoms with van der Waals surface area (Å²) in [4.78, 5) is 7.13. The highest BCUT2D eigenvalue weighted by atomic mass is 16.7. The van der Waals surface area contributed by atoms with E-state index >= 15 is 0 Å². The van der Waals surface area contributed by atoms with E-state index in [2.05, 4.69) is 4.90 Å². The van der Waals surface area contributed by atoms with Crippen molar-refractivity contribution in [3.8, 4) is 11.5 Å². The molecule has 2 aliphatic heterocycles. The molecule has 1 aromatic carbocycles. The zero-order valence-corrected chi connectivity index (χ0v) is 14.9. The van der Waals surface area contributed by atoms with Crippen molar-refractivity contribution in [2.75, 3.05) is 41.5 Å². The van der Waals surface area contributed by atoms with Gasteiger partial charge in [0.2, 0.25) is 5.79 Å². The summed E-state index contributed by atoms with van der Waals surface area (Å²) in [5, 5.41) is 0. The van der Waals surface area contributed by atoms with Gasteiger partial charge in [-0.15, -0.1) is 0 Å². The molecule has 2 heterocycles. The highest BCUT2D eigenvalue weighted by molar-refractivity contribution is 5.72. The van der Waals surface area contributed by atoms with E-state index in [0.717, 1.165) is 24.2 Å². The molecule has 0 spiro atoms. The topological polar surface area (TPSA) is 52.5 Å². The van der Waals surface area contributed by atoms with Gasteiger partial charge < -0.3 is 18.9 Å². The van der Waals surface area contributed by atoms with Gasteiger partial charge in [0, 0.05) is 38.1 Å². The molecule has 1 atom stereocenters. The smallest absolute Gasteiger partial charge is 0.209 e. The lowest BCUT2D eigenvalue weighted by Crippen LogP contribution is -2.51. The van der Waals surface area contributed by atoms with Crippen molar-refractivity contribution in [2.45, 2.75) is 31.1 Å². The number of aliphatic imine (C=N–C) groups is 1. The van der Waals surface area contributed by atoms with E-state index in [9.17, 15) is 0 Å². The van der Waals surface area contributed by atoms with Crippen LogP contribution in [0.1, 0.15) is 24.8 Å². The molecule has 0 unspecified atom stereocenters. The van der Waals surface area contributed by atoms with Crippen LogP contribution in [0.2, 0.25) is 0 Å². The van der Waals surface area contributed by atoms with Crippen molar-refractivity contribution in [3.63, 3.8) is 0 Å². The van der Waals surface area contributed by atoms with E-state index in [-0.39, 0.29) is 0 Å². The van der Waals surface area contributed by atoms with Gasteiger partial charge in [-0.2, -0.15) is 0 Å². The van der Waals surface area contributed by atoms with Crippen molar-refractivity contribution in [2.24, 2.45) is 4.99 Å². The first-order valence-electron chi connectivity index (χ1n) is 8.32. The Labute approximate surface area is 143 Å². The third kappa shape index (κ3) is 2.90. The molecular formula is C18H26N2O4. The lowest BCUT2D eigenvalue weighted by molar-refractivity contribution is -0.228. The quantitative estimate of drug-likeness (QED) is 0.793. The van der Waals surface area contributed by atoms with E-state index < -0.39 is 5.79 Å². The van der Waals surface area contributed by atoms with Crippen molar-refractivity contribution < 1.29 is 18.9 Å². The van der Waals surface area contributed by atoms with Gasteiger partial charge in [0.25, 0.3) is 0 Å². The molecule has 6 nitrogen and oxygen atoms in total. The highest BCUT2D eigenvalue weighted by Gasteiger charge is 2.41. The third-order valence-electron chi connectivity index (χ3n) is 5.03. The molecule has 1 aromatic rings. The Morgan fingerprint density at radius 2 is 1.75 bits per heavy atom. The van der Waals surface area contributed by atoms with E-state index in [1.54, 1.807) is 28.4 Å². The average molecular weight is 334 g/mol. The van der Waals surface area contributed by atoms with Gasteiger partial charge in [-0.1, -0.05) is 6.42 Å². The van der Waals surface area contributed by atoms with Crippen LogP contribution in [0, 0.1) is 0 Å². The van der Waals surface area contributed by atoms with Crippen LogP contribution in [-0.4, -0.2) is 58.7 Å². The number of fused-ring (bicyclic) bond motifs is 2. The molecule has 0 amide bonds. The van der Waals surface area contributed by atoms with Crippen LogP contribution in [0.25, 0.3) is 0 Å². The molecule has 0 aliphatic carbocycles. The van der Waals surface area contributed by atoms with Crippen LogP contribution in [0.4, 0.5) is 5.69 Å². The Bertz CT molecular complexity index is 613. The van der Waals surface area contributed by atoms with Gasteiger partial charge >= 0.3 is 0 Å². The predicted molar refractivity (Wildman–Crippen MR) is 92.6 cm³/mol. The number of hydrogen-bond acceptors (Lipinski definition) is 6. The lowest BCUT2D eigenvalue weighted by atomic mass is 9.96. The van der Waals surface area contributed by atoms with Crippen LogP contribution >= 0.6 is 0 Å². The zero-order valence-electron chi connectivity index (χ0n) is 14.9. The normalized spacial score (nSPS) is 24.2. The summed E-state index contributed by atoms with van der Waals surface area (Å²) in [7, 11) is 6.60. The third-order valence-corrected chi connectivity index (χ3v) is 5.03. The molecule has 0 bridgehead atoms. The maximum absolute atomic E-state index is 5.88. The molecule has 0 saturated carbocycles. The molecule has 1 fully saturated rings. The molecule has 132 valence electrons. The van der Waals surface area contributed by atoms with Gasteiger partial charge in [-0.05, 0) is 25.5 Å².